The Morgan fingerprint density at radius 2 is 2.21 bits per heavy atom. The molecule has 3 aromatic rings. The van der Waals surface area contributed by atoms with Crippen molar-refractivity contribution in [3.63, 3.8) is 0 Å². The van der Waals surface area contributed by atoms with Gasteiger partial charge in [0.25, 0.3) is 0 Å². The Kier molecular flexibility index (Phi) is 5.84. The summed E-state index contributed by atoms with van der Waals surface area (Å²) < 4.78 is 8.00. The summed E-state index contributed by atoms with van der Waals surface area (Å²) >= 11 is 9.16. The fourth-order valence-electron chi connectivity index (χ4n) is 2.63. The van der Waals surface area contributed by atoms with Gasteiger partial charge in [0.2, 0.25) is 5.91 Å². The fraction of sp³-hybridized carbons (Fsp3) is 0.333. The molecule has 0 atom stereocenters. The summed E-state index contributed by atoms with van der Waals surface area (Å²) in [4.78, 5) is 15.5. The van der Waals surface area contributed by atoms with E-state index in [-0.39, 0.29) is 5.91 Å². The van der Waals surface area contributed by atoms with Gasteiger partial charge in [-0.15, -0.1) is 21.5 Å². The molecule has 0 bridgehead atoms. The maximum Gasteiger partial charge on any atom is 0.223 e. The van der Waals surface area contributed by atoms with E-state index < -0.39 is 0 Å². The van der Waals surface area contributed by atoms with Crippen LogP contribution in [0.15, 0.2) is 34.8 Å². The molecule has 0 radical (unpaired) electrons. The first-order valence-electron chi connectivity index (χ1n) is 8.76. The van der Waals surface area contributed by atoms with E-state index in [2.05, 4.69) is 25.1 Å². The number of benzene rings is 1. The predicted octanol–water partition coefficient (Wildman–Crippen LogP) is 4.55. The first-order valence-corrected chi connectivity index (χ1v) is 11.0. The number of carbonyl (C=O) groups is 1. The van der Waals surface area contributed by atoms with Gasteiger partial charge in [-0.1, -0.05) is 35.5 Å². The average molecular weight is 436 g/mol. The quantitative estimate of drug-likeness (QED) is 0.522. The second-order valence-electron chi connectivity index (χ2n) is 6.33. The summed E-state index contributed by atoms with van der Waals surface area (Å²) in [6.45, 7) is 1.79. The molecule has 0 spiro atoms. The van der Waals surface area contributed by atoms with Crippen molar-refractivity contribution in [1.29, 1.82) is 0 Å². The molecule has 2 aromatic heterocycles. The number of nitrogens with one attached hydrogen (secondary N) is 1. The number of hydrogen-bond donors (Lipinski definition) is 1. The number of aromatic nitrogens is 4. The summed E-state index contributed by atoms with van der Waals surface area (Å²) in [6, 6.07) is 7.81. The molecule has 1 saturated carbocycles. The third-order valence-corrected chi connectivity index (χ3v) is 6.12. The molecule has 2 heterocycles. The summed E-state index contributed by atoms with van der Waals surface area (Å²) in [7, 11) is 0. The molecular weight excluding hydrogens is 418 g/mol. The maximum absolute atomic E-state index is 11.1. The van der Waals surface area contributed by atoms with E-state index in [1.54, 1.807) is 17.8 Å². The molecule has 10 heteroatoms. The lowest BCUT2D eigenvalue weighted by Gasteiger charge is -2.10. The number of nitrogens with zero attached hydrogens (tertiary/aromatic N) is 4. The topological polar surface area (TPSA) is 81.9 Å². The Balaban J connectivity index is 1.43. The molecule has 1 N–H and O–H groups in total. The number of amides is 1. The summed E-state index contributed by atoms with van der Waals surface area (Å²) in [6.07, 6.45) is 2.24. The zero-order chi connectivity index (χ0) is 19.5. The zero-order valence-electron chi connectivity index (χ0n) is 15.1. The average Bonchev–Trinajstić information content (AvgIpc) is 3.27. The van der Waals surface area contributed by atoms with E-state index in [4.69, 9.17) is 16.3 Å². The highest BCUT2D eigenvalue weighted by atomic mass is 35.5. The van der Waals surface area contributed by atoms with Crippen LogP contribution >= 0.6 is 34.7 Å². The number of thioether (sulfide) groups is 1. The van der Waals surface area contributed by atoms with Crippen LogP contribution in [0, 0.1) is 0 Å². The van der Waals surface area contributed by atoms with Crippen molar-refractivity contribution in [2.45, 2.75) is 43.3 Å². The van der Waals surface area contributed by atoms with Crippen LogP contribution in [0.4, 0.5) is 5.13 Å². The molecule has 146 valence electrons. The van der Waals surface area contributed by atoms with Crippen molar-refractivity contribution in [3.05, 3.63) is 46.2 Å². The van der Waals surface area contributed by atoms with Crippen molar-refractivity contribution in [1.82, 2.24) is 19.7 Å². The number of thiazole rings is 1. The molecule has 0 unspecified atom stereocenters. The van der Waals surface area contributed by atoms with Crippen molar-refractivity contribution in [2.24, 2.45) is 0 Å². The van der Waals surface area contributed by atoms with Crippen LogP contribution in [-0.4, -0.2) is 25.7 Å². The van der Waals surface area contributed by atoms with Crippen LogP contribution < -0.4 is 10.1 Å². The van der Waals surface area contributed by atoms with Gasteiger partial charge in [0.05, 0.1) is 10.7 Å². The van der Waals surface area contributed by atoms with Gasteiger partial charge in [-0.25, -0.2) is 4.98 Å². The van der Waals surface area contributed by atoms with Gasteiger partial charge in [0.1, 0.15) is 12.4 Å². The number of ether oxygens (including phenoxy) is 1. The number of carbonyl (C=O) groups excluding carboxylic acids is 1. The highest BCUT2D eigenvalue weighted by Crippen LogP contribution is 2.39. The highest BCUT2D eigenvalue weighted by molar-refractivity contribution is 7.98. The van der Waals surface area contributed by atoms with Gasteiger partial charge in [0, 0.05) is 24.1 Å². The van der Waals surface area contributed by atoms with Crippen molar-refractivity contribution in [3.8, 4) is 5.75 Å². The second kappa shape index (κ2) is 8.50. The molecule has 0 saturated heterocycles. The van der Waals surface area contributed by atoms with Gasteiger partial charge in [0.15, 0.2) is 16.1 Å². The van der Waals surface area contributed by atoms with E-state index >= 15 is 0 Å². The highest BCUT2D eigenvalue weighted by Gasteiger charge is 2.30. The number of halogens is 1. The van der Waals surface area contributed by atoms with Crippen LogP contribution in [0.25, 0.3) is 0 Å². The summed E-state index contributed by atoms with van der Waals surface area (Å²) in [5.74, 6) is 1.97. The number of anilines is 1. The summed E-state index contributed by atoms with van der Waals surface area (Å²) in [5, 5.41) is 15.4. The van der Waals surface area contributed by atoms with Crippen molar-refractivity contribution >= 4 is 45.7 Å². The van der Waals surface area contributed by atoms with Gasteiger partial charge >= 0.3 is 0 Å². The second-order valence-corrected chi connectivity index (χ2v) is 8.54. The lowest BCUT2D eigenvalue weighted by molar-refractivity contribution is -0.114. The Labute approximate surface area is 175 Å². The van der Waals surface area contributed by atoms with E-state index in [9.17, 15) is 4.79 Å². The van der Waals surface area contributed by atoms with Crippen LogP contribution in [0.3, 0.4) is 0 Å². The molecular formula is C18H18ClN5O2S2. The molecule has 0 aliphatic heterocycles. The minimum Gasteiger partial charge on any atom is -0.484 e. The van der Waals surface area contributed by atoms with Crippen LogP contribution in [-0.2, 0) is 17.2 Å². The molecule has 1 amide bonds. The molecule has 1 fully saturated rings. The minimum absolute atomic E-state index is 0.120. The molecule has 1 aliphatic rings. The Bertz CT molecular complexity index is 986. The van der Waals surface area contributed by atoms with Crippen LogP contribution in [0.1, 0.15) is 37.3 Å². The van der Waals surface area contributed by atoms with E-state index in [1.807, 2.05) is 23.6 Å². The lowest BCUT2D eigenvalue weighted by atomic mass is 10.3. The minimum atomic E-state index is -0.120. The normalized spacial score (nSPS) is 13.5. The Hall–Kier alpha value is -2.10. The molecule has 28 heavy (non-hydrogen) atoms. The van der Waals surface area contributed by atoms with E-state index in [1.165, 1.54) is 18.3 Å². The first-order chi connectivity index (χ1) is 13.6. The standard InChI is InChI=1S/C18H18ClN5O2S2/c1-11(25)20-17-21-12(9-27-17)10-28-18-23-22-16(24(18)13-6-7-13)8-26-15-5-3-2-4-14(15)19/h2-5,9,13H,6-8,10H2,1H3,(H,20,21,25). The van der Waals surface area contributed by atoms with E-state index in [0.29, 0.717) is 34.3 Å². The van der Waals surface area contributed by atoms with Crippen molar-refractivity contribution in [2.75, 3.05) is 5.32 Å². The van der Waals surface area contributed by atoms with Gasteiger partial charge in [-0.2, -0.15) is 0 Å². The molecule has 4 rings (SSSR count). The smallest absolute Gasteiger partial charge is 0.223 e. The Morgan fingerprint density at radius 3 is 2.96 bits per heavy atom. The predicted molar refractivity (Wildman–Crippen MR) is 110 cm³/mol. The van der Waals surface area contributed by atoms with Gasteiger partial charge < -0.3 is 10.1 Å². The van der Waals surface area contributed by atoms with Crippen LogP contribution in [0.5, 0.6) is 5.75 Å². The number of hydrogen-bond acceptors (Lipinski definition) is 7. The molecule has 7 nitrogen and oxygen atoms in total. The number of para-hydroxylation sites is 1. The monoisotopic (exact) mass is 435 g/mol. The Morgan fingerprint density at radius 1 is 1.39 bits per heavy atom. The molecule has 1 aromatic carbocycles. The largest absolute Gasteiger partial charge is 0.484 e. The van der Waals surface area contributed by atoms with Crippen molar-refractivity contribution < 1.29 is 9.53 Å². The van der Waals surface area contributed by atoms with E-state index in [0.717, 1.165) is 29.5 Å². The first kappa shape index (κ1) is 19.2. The van der Waals surface area contributed by atoms with Crippen LogP contribution in [0.2, 0.25) is 5.02 Å². The fourth-order valence-corrected chi connectivity index (χ4v) is 4.60. The lowest BCUT2D eigenvalue weighted by Crippen LogP contribution is -2.07. The van der Waals surface area contributed by atoms with Gasteiger partial charge in [-0.05, 0) is 25.0 Å². The SMILES string of the molecule is CC(=O)Nc1nc(CSc2nnc(COc3ccccc3Cl)n2C2CC2)cs1. The van der Waals surface area contributed by atoms with Gasteiger partial charge in [-0.3, -0.25) is 9.36 Å². The third-order valence-electron chi connectivity index (χ3n) is 4.02. The summed E-state index contributed by atoms with van der Waals surface area (Å²) in [5.41, 5.74) is 0.901. The molecule has 1 aliphatic carbocycles. The maximum atomic E-state index is 11.1. The third kappa shape index (κ3) is 4.65. The number of rotatable bonds is 8. The zero-order valence-corrected chi connectivity index (χ0v) is 17.5.